The summed E-state index contributed by atoms with van der Waals surface area (Å²) in [4.78, 5) is 10.7. The van der Waals surface area contributed by atoms with Crippen LogP contribution in [0.25, 0.3) is 0 Å². The summed E-state index contributed by atoms with van der Waals surface area (Å²) >= 11 is 22.7. The van der Waals surface area contributed by atoms with Gasteiger partial charge in [0, 0.05) is 0 Å². The predicted molar refractivity (Wildman–Crippen MR) is 82.1 cm³/mol. The molecule has 0 aromatic carbocycles. The highest BCUT2D eigenvalue weighted by Gasteiger charge is 2.23. The lowest BCUT2D eigenvalue weighted by molar-refractivity contribution is -0.140. The van der Waals surface area contributed by atoms with Crippen molar-refractivity contribution in [2.24, 2.45) is 0 Å². The van der Waals surface area contributed by atoms with Crippen LogP contribution in [0.3, 0.4) is 0 Å². The summed E-state index contributed by atoms with van der Waals surface area (Å²) in [6, 6.07) is -1.64. The zero-order chi connectivity index (χ0) is 13.9. The molecule has 2 nitrogen and oxygen atoms in total. The van der Waals surface area contributed by atoms with Crippen molar-refractivity contribution in [2.45, 2.75) is 51.0 Å². The Morgan fingerprint density at radius 2 is 1.39 bits per heavy atom. The third-order valence-electron chi connectivity index (χ3n) is 2.48. The zero-order valence-corrected chi connectivity index (χ0v) is 14.4. The molecule has 0 bridgehead atoms. The van der Waals surface area contributed by atoms with Crippen LogP contribution in [0.15, 0.2) is 0 Å². The van der Waals surface area contributed by atoms with E-state index in [2.05, 4.69) is 0 Å². The van der Waals surface area contributed by atoms with Gasteiger partial charge in [0.15, 0.2) is 0 Å². The molecule has 108 valence electrons. The smallest absolute Gasteiger partial charge is 0.341 e. The van der Waals surface area contributed by atoms with Gasteiger partial charge < -0.3 is 4.74 Å². The molecule has 0 amide bonds. The topological polar surface area (TPSA) is 26.3 Å². The second-order valence-electron chi connectivity index (χ2n) is 4.19. The lowest BCUT2D eigenvalue weighted by atomic mass is 10.1. The number of alkyl halides is 1. The molecule has 0 atom stereocenters. The van der Waals surface area contributed by atoms with E-state index in [0.717, 1.165) is 38.1 Å². The third-order valence-corrected chi connectivity index (χ3v) is 5.32. The first-order valence-electron chi connectivity index (χ1n) is 6.24. The molecular weight excluding hydrogens is 334 g/mol. The number of hydrogen-bond donors (Lipinski definition) is 0. The van der Waals surface area contributed by atoms with E-state index in [1.165, 1.54) is 12.8 Å². The third kappa shape index (κ3) is 14.9. The molecule has 0 aliphatic rings. The van der Waals surface area contributed by atoms with Crippen molar-refractivity contribution in [3.8, 4) is 0 Å². The quantitative estimate of drug-likeness (QED) is 0.169. The number of rotatable bonds is 11. The van der Waals surface area contributed by atoms with Gasteiger partial charge in [-0.2, -0.15) is 0 Å². The first-order valence-corrected chi connectivity index (χ1v) is 12.0. The normalized spacial score (nSPS) is 11.6. The second-order valence-corrected chi connectivity index (χ2v) is 13.7. The molecule has 0 N–H and O–H groups in total. The molecule has 7 heteroatoms. The summed E-state index contributed by atoms with van der Waals surface area (Å²) in [5.74, 6) is -0.403. The number of unbranched alkanes of at least 4 members (excludes halogenated alkanes) is 6. The fourth-order valence-electron chi connectivity index (χ4n) is 1.54. The summed E-state index contributed by atoms with van der Waals surface area (Å²) < 4.78 is 4.86. The first kappa shape index (κ1) is 18.8. The van der Waals surface area contributed by atoms with Crippen LogP contribution < -0.4 is 0 Å². The van der Waals surface area contributed by atoms with E-state index in [1.54, 1.807) is 0 Å². The van der Waals surface area contributed by atoms with E-state index in [9.17, 15) is 4.79 Å². The van der Waals surface area contributed by atoms with E-state index in [1.807, 2.05) is 0 Å². The number of carbonyl (C=O) groups excluding carboxylic acids is 1. The Morgan fingerprint density at radius 1 is 0.889 bits per heavy atom. The minimum absolute atomic E-state index is 0.0630. The van der Waals surface area contributed by atoms with Crippen LogP contribution in [-0.4, -0.2) is 24.5 Å². The largest absolute Gasteiger partial charge is 0.465 e. The van der Waals surface area contributed by atoms with Gasteiger partial charge in [-0.15, -0.1) is 44.8 Å². The number of carbonyl (C=O) groups is 1. The second kappa shape index (κ2) is 11.7. The summed E-state index contributed by atoms with van der Waals surface area (Å²) in [5, 5.41) is 0. The van der Waals surface area contributed by atoms with Crippen molar-refractivity contribution in [2.75, 3.05) is 12.5 Å². The molecule has 0 radical (unpaired) electrons. The molecule has 0 fully saturated rings. The number of hydrogen-bond acceptors (Lipinski definition) is 2. The highest BCUT2D eigenvalue weighted by atomic mass is 35.8. The molecule has 0 aliphatic carbocycles. The van der Waals surface area contributed by atoms with Gasteiger partial charge in [0.05, 0.1) is 6.61 Å². The monoisotopic (exact) mass is 352 g/mol. The van der Waals surface area contributed by atoms with Crippen LogP contribution in [0.2, 0.25) is 6.04 Å². The highest BCUT2D eigenvalue weighted by molar-refractivity contribution is 7.64. The van der Waals surface area contributed by atoms with E-state index < -0.39 is 6.00 Å². The fourth-order valence-corrected chi connectivity index (χ4v) is 3.47. The number of ether oxygens (including phenoxy) is 1. The molecule has 0 aromatic heterocycles. The summed E-state index contributed by atoms with van der Waals surface area (Å²) in [5.41, 5.74) is 0. The van der Waals surface area contributed by atoms with Gasteiger partial charge in [0.1, 0.15) is 5.88 Å². The Bertz CT molecular complexity index is 222. The SMILES string of the molecule is O=C(CCl)OCCCCCCCCC[Si](Cl)(Cl)Cl. The van der Waals surface area contributed by atoms with E-state index in [0.29, 0.717) is 6.61 Å². The van der Waals surface area contributed by atoms with Crippen LogP contribution in [-0.2, 0) is 9.53 Å². The molecule has 0 saturated carbocycles. The molecule has 0 spiro atoms. The number of halogens is 4. The van der Waals surface area contributed by atoms with Crippen LogP contribution in [0.1, 0.15) is 44.9 Å². The zero-order valence-electron chi connectivity index (χ0n) is 10.4. The molecule has 0 aromatic rings. The Labute approximate surface area is 129 Å². The van der Waals surface area contributed by atoms with Gasteiger partial charge >= 0.3 is 12.0 Å². The molecule has 0 aliphatic heterocycles. The van der Waals surface area contributed by atoms with Crippen molar-refractivity contribution in [3.63, 3.8) is 0 Å². The van der Waals surface area contributed by atoms with Crippen molar-refractivity contribution < 1.29 is 9.53 Å². The average Bonchev–Trinajstić information content (AvgIpc) is 2.29. The number of esters is 1. The average molecular weight is 354 g/mol. The first-order chi connectivity index (χ1) is 8.45. The molecule has 0 rings (SSSR count). The Hall–Kier alpha value is 0.847. The Morgan fingerprint density at radius 3 is 1.89 bits per heavy atom. The van der Waals surface area contributed by atoms with Crippen molar-refractivity contribution >= 4 is 56.8 Å². The van der Waals surface area contributed by atoms with E-state index in [-0.39, 0.29) is 11.8 Å². The molecule has 0 unspecified atom stereocenters. The molecule has 0 heterocycles. The lowest BCUT2D eigenvalue weighted by Crippen LogP contribution is -2.07. The van der Waals surface area contributed by atoms with Gasteiger partial charge in [-0.05, 0) is 12.5 Å². The maximum atomic E-state index is 10.7. The van der Waals surface area contributed by atoms with E-state index >= 15 is 0 Å². The predicted octanol–water partition coefficient (Wildman–Crippen LogP) is 5.15. The molecule has 18 heavy (non-hydrogen) atoms. The van der Waals surface area contributed by atoms with Gasteiger partial charge in [-0.3, -0.25) is 4.79 Å². The highest BCUT2D eigenvalue weighted by Crippen LogP contribution is 2.27. The van der Waals surface area contributed by atoms with Crippen LogP contribution in [0.5, 0.6) is 0 Å². The summed E-state index contributed by atoms with van der Waals surface area (Å²) in [6.45, 7) is 0.477. The van der Waals surface area contributed by atoms with Crippen LogP contribution in [0.4, 0.5) is 0 Å². The minimum Gasteiger partial charge on any atom is -0.465 e. The maximum Gasteiger partial charge on any atom is 0.341 e. The molecule has 0 saturated heterocycles. The maximum absolute atomic E-state index is 10.7. The molecular formula is C11H20Cl4O2Si. The lowest BCUT2D eigenvalue weighted by Gasteiger charge is -2.07. The van der Waals surface area contributed by atoms with Crippen LogP contribution >= 0.6 is 44.8 Å². The summed E-state index contributed by atoms with van der Waals surface area (Å²) in [6.07, 6.45) is 7.64. The Kier molecular flexibility index (Phi) is 12.2. The van der Waals surface area contributed by atoms with Crippen molar-refractivity contribution in [3.05, 3.63) is 0 Å². The standard InChI is InChI=1S/C11H20Cl4O2Si/c12-10-11(16)17-8-6-4-2-1-3-5-7-9-18(13,14)15/h1-10H2. The van der Waals surface area contributed by atoms with Crippen molar-refractivity contribution in [1.29, 1.82) is 0 Å². The minimum atomic E-state index is -2.40. The Balaban J connectivity index is 3.10. The van der Waals surface area contributed by atoms with Crippen LogP contribution in [0, 0.1) is 0 Å². The van der Waals surface area contributed by atoms with Crippen molar-refractivity contribution in [1.82, 2.24) is 0 Å². The van der Waals surface area contributed by atoms with Gasteiger partial charge in [0.2, 0.25) is 0 Å². The van der Waals surface area contributed by atoms with E-state index in [4.69, 9.17) is 49.6 Å². The summed E-state index contributed by atoms with van der Waals surface area (Å²) in [7, 11) is 0. The fraction of sp³-hybridized carbons (Fsp3) is 0.909. The van der Waals surface area contributed by atoms with Gasteiger partial charge in [-0.25, -0.2) is 0 Å². The van der Waals surface area contributed by atoms with Gasteiger partial charge in [0.25, 0.3) is 0 Å². The van der Waals surface area contributed by atoms with Gasteiger partial charge in [-0.1, -0.05) is 38.5 Å².